The molecule has 6 nitrogen and oxygen atoms in total. The Morgan fingerprint density at radius 3 is 2.44 bits per heavy atom. The maximum Gasteiger partial charge on any atom is 0.223 e. The van der Waals surface area contributed by atoms with Crippen molar-refractivity contribution in [3.05, 3.63) is 11.7 Å². The van der Waals surface area contributed by atoms with Crippen LogP contribution in [0.5, 0.6) is 0 Å². The van der Waals surface area contributed by atoms with Crippen LogP contribution in [0.3, 0.4) is 0 Å². The van der Waals surface area contributed by atoms with Crippen LogP contribution in [0, 0.1) is 24.7 Å². The van der Waals surface area contributed by atoms with E-state index in [0.717, 1.165) is 38.5 Å². The predicted molar refractivity (Wildman–Crippen MR) is 93.5 cm³/mol. The molecule has 2 bridgehead atoms. The van der Waals surface area contributed by atoms with Crippen LogP contribution in [0.15, 0.2) is 4.52 Å². The van der Waals surface area contributed by atoms with Gasteiger partial charge >= 0.3 is 0 Å². The summed E-state index contributed by atoms with van der Waals surface area (Å²) in [6.07, 6.45) is 10.7. The fourth-order valence-electron chi connectivity index (χ4n) is 5.39. The van der Waals surface area contributed by atoms with E-state index in [-0.39, 0.29) is 11.8 Å². The number of nitrogens with zero attached hydrogens (tertiary/aromatic N) is 2. The zero-order chi connectivity index (χ0) is 17.4. The molecule has 0 radical (unpaired) electrons. The zero-order valence-corrected chi connectivity index (χ0v) is 15.2. The van der Waals surface area contributed by atoms with Crippen molar-refractivity contribution in [2.45, 2.75) is 82.7 Å². The lowest BCUT2D eigenvalue weighted by molar-refractivity contribution is -0.130. The van der Waals surface area contributed by atoms with Gasteiger partial charge in [-0.3, -0.25) is 4.79 Å². The lowest BCUT2D eigenvalue weighted by atomic mass is 9.64. The molecule has 138 valence electrons. The molecule has 3 aliphatic rings. The van der Waals surface area contributed by atoms with Crippen LogP contribution in [0.2, 0.25) is 0 Å². The molecule has 3 saturated carbocycles. The number of aryl methyl sites for hydroxylation is 1. The van der Waals surface area contributed by atoms with Crippen LogP contribution < -0.4 is 11.1 Å². The summed E-state index contributed by atoms with van der Waals surface area (Å²) in [4.78, 5) is 17.6. The highest BCUT2D eigenvalue weighted by Crippen LogP contribution is 2.43. The molecule has 1 aromatic heterocycles. The van der Waals surface area contributed by atoms with Gasteiger partial charge in [-0.25, -0.2) is 0 Å². The molecule has 3 aliphatic carbocycles. The molecule has 0 saturated heterocycles. The largest absolute Gasteiger partial charge is 0.343 e. The van der Waals surface area contributed by atoms with E-state index in [1.807, 2.05) is 0 Å². The summed E-state index contributed by atoms with van der Waals surface area (Å²) in [7, 11) is 0. The van der Waals surface area contributed by atoms with Crippen LogP contribution in [-0.2, 0) is 10.3 Å². The number of hydrogen-bond donors (Lipinski definition) is 2. The summed E-state index contributed by atoms with van der Waals surface area (Å²) in [6, 6.07) is 0.293. The standard InChI is InChI=1S/C19H30N4O2/c1-12-21-18(23-25-12)19(8-3-2-4-9-19)22-17(24)15-10-13-6-5-7-14(11-15)16(13)20/h13-16H,2-11,20H2,1H3,(H,22,24). The number of carbonyl (C=O) groups is 1. The minimum atomic E-state index is -0.443. The van der Waals surface area contributed by atoms with Crippen molar-refractivity contribution in [2.75, 3.05) is 0 Å². The van der Waals surface area contributed by atoms with Crippen LogP contribution >= 0.6 is 0 Å². The third-order valence-corrected chi connectivity index (χ3v) is 6.81. The van der Waals surface area contributed by atoms with Crippen molar-refractivity contribution >= 4 is 5.91 Å². The minimum Gasteiger partial charge on any atom is -0.343 e. The van der Waals surface area contributed by atoms with E-state index in [2.05, 4.69) is 15.5 Å². The summed E-state index contributed by atoms with van der Waals surface area (Å²) in [5, 5.41) is 7.53. The molecule has 0 spiro atoms. The van der Waals surface area contributed by atoms with E-state index in [1.165, 1.54) is 25.7 Å². The van der Waals surface area contributed by atoms with Crippen LogP contribution in [-0.4, -0.2) is 22.1 Å². The van der Waals surface area contributed by atoms with E-state index >= 15 is 0 Å². The van der Waals surface area contributed by atoms with Crippen molar-refractivity contribution in [1.82, 2.24) is 15.5 Å². The molecule has 25 heavy (non-hydrogen) atoms. The van der Waals surface area contributed by atoms with Gasteiger partial charge in [0.25, 0.3) is 0 Å². The second kappa shape index (κ2) is 6.71. The molecule has 3 fully saturated rings. The molecule has 6 heteroatoms. The predicted octanol–water partition coefficient (Wildman–Crippen LogP) is 2.81. The lowest BCUT2D eigenvalue weighted by Gasteiger charge is -2.44. The summed E-state index contributed by atoms with van der Waals surface area (Å²) in [5.74, 6) is 2.50. The average molecular weight is 346 g/mol. The fourth-order valence-corrected chi connectivity index (χ4v) is 5.39. The van der Waals surface area contributed by atoms with E-state index in [1.54, 1.807) is 6.92 Å². The van der Waals surface area contributed by atoms with E-state index in [9.17, 15) is 4.79 Å². The van der Waals surface area contributed by atoms with Crippen LogP contribution in [0.1, 0.15) is 75.9 Å². The number of fused-ring (bicyclic) bond motifs is 2. The Morgan fingerprint density at radius 1 is 1.16 bits per heavy atom. The van der Waals surface area contributed by atoms with Gasteiger partial charge in [-0.15, -0.1) is 0 Å². The Bertz CT molecular complexity index is 609. The van der Waals surface area contributed by atoms with Crippen molar-refractivity contribution in [3.63, 3.8) is 0 Å². The maximum atomic E-state index is 13.2. The summed E-state index contributed by atoms with van der Waals surface area (Å²) in [6.45, 7) is 1.80. The first-order chi connectivity index (χ1) is 12.1. The van der Waals surface area contributed by atoms with Gasteiger partial charge in [0.05, 0.1) is 0 Å². The number of nitrogens with one attached hydrogen (secondary N) is 1. The molecule has 1 aromatic rings. The third kappa shape index (κ3) is 3.21. The first kappa shape index (κ1) is 17.0. The van der Waals surface area contributed by atoms with E-state index in [4.69, 9.17) is 10.3 Å². The SMILES string of the molecule is Cc1nc(C2(NC(=O)C3CC4CCCC(C3)C4N)CCCCC2)no1. The number of carbonyl (C=O) groups excluding carboxylic acids is 1. The highest BCUT2D eigenvalue weighted by molar-refractivity contribution is 5.79. The Morgan fingerprint density at radius 2 is 1.84 bits per heavy atom. The van der Waals surface area contributed by atoms with E-state index in [0.29, 0.717) is 29.6 Å². The van der Waals surface area contributed by atoms with Crippen molar-refractivity contribution in [2.24, 2.45) is 23.5 Å². The van der Waals surface area contributed by atoms with Crippen molar-refractivity contribution < 1.29 is 9.32 Å². The molecule has 3 N–H and O–H groups in total. The van der Waals surface area contributed by atoms with Gasteiger partial charge in [0.15, 0.2) is 5.82 Å². The number of amides is 1. The smallest absolute Gasteiger partial charge is 0.223 e. The van der Waals surface area contributed by atoms with Gasteiger partial charge in [0.1, 0.15) is 5.54 Å². The van der Waals surface area contributed by atoms with Gasteiger partial charge in [0.2, 0.25) is 11.8 Å². The first-order valence-corrected chi connectivity index (χ1v) is 9.96. The summed E-state index contributed by atoms with van der Waals surface area (Å²) >= 11 is 0. The first-order valence-electron chi connectivity index (χ1n) is 9.96. The Labute approximate surface area is 149 Å². The molecule has 0 aromatic carbocycles. The molecular weight excluding hydrogens is 316 g/mol. The second-order valence-corrected chi connectivity index (χ2v) is 8.47. The molecule has 1 heterocycles. The van der Waals surface area contributed by atoms with Crippen molar-refractivity contribution in [1.29, 1.82) is 0 Å². The lowest BCUT2D eigenvalue weighted by Crippen LogP contribution is -2.53. The van der Waals surface area contributed by atoms with Crippen LogP contribution in [0.25, 0.3) is 0 Å². The summed E-state index contributed by atoms with van der Waals surface area (Å²) in [5.41, 5.74) is 5.94. The highest BCUT2D eigenvalue weighted by atomic mass is 16.5. The molecule has 0 aliphatic heterocycles. The molecule has 1 amide bonds. The molecule has 2 atom stereocenters. The Kier molecular flexibility index (Phi) is 4.56. The second-order valence-electron chi connectivity index (χ2n) is 8.47. The van der Waals surface area contributed by atoms with Gasteiger partial charge < -0.3 is 15.6 Å². The zero-order valence-electron chi connectivity index (χ0n) is 15.2. The Balaban J connectivity index is 1.51. The minimum absolute atomic E-state index is 0.0851. The van der Waals surface area contributed by atoms with Gasteiger partial charge in [-0.2, -0.15) is 4.98 Å². The van der Waals surface area contributed by atoms with Gasteiger partial charge in [0, 0.05) is 18.9 Å². The molecule has 4 rings (SSSR count). The van der Waals surface area contributed by atoms with Crippen molar-refractivity contribution in [3.8, 4) is 0 Å². The summed E-state index contributed by atoms with van der Waals surface area (Å²) < 4.78 is 5.22. The average Bonchev–Trinajstić information content (AvgIpc) is 3.02. The number of hydrogen-bond acceptors (Lipinski definition) is 5. The monoisotopic (exact) mass is 346 g/mol. The number of aromatic nitrogens is 2. The fraction of sp³-hybridized carbons (Fsp3) is 0.842. The highest BCUT2D eigenvalue weighted by Gasteiger charge is 2.44. The topological polar surface area (TPSA) is 94.0 Å². The molecule has 2 unspecified atom stereocenters. The van der Waals surface area contributed by atoms with E-state index < -0.39 is 5.54 Å². The number of nitrogens with two attached hydrogens (primary N) is 1. The third-order valence-electron chi connectivity index (χ3n) is 6.81. The number of rotatable bonds is 3. The Hall–Kier alpha value is -1.43. The van der Waals surface area contributed by atoms with Gasteiger partial charge in [-0.05, 0) is 50.4 Å². The van der Waals surface area contributed by atoms with Gasteiger partial charge in [-0.1, -0.05) is 30.8 Å². The normalized spacial score (nSPS) is 34.5. The quantitative estimate of drug-likeness (QED) is 0.877. The molecular formula is C19H30N4O2. The maximum absolute atomic E-state index is 13.2. The van der Waals surface area contributed by atoms with Crippen LogP contribution in [0.4, 0.5) is 0 Å².